The molecule has 2 atom stereocenters. The maximum Gasteiger partial charge on any atom is 0.0683 e. The minimum absolute atomic E-state index is 0.707. The molecule has 13 heavy (non-hydrogen) atoms. The summed E-state index contributed by atoms with van der Waals surface area (Å²) in [5.41, 5.74) is 3.27. The van der Waals surface area contributed by atoms with Gasteiger partial charge in [-0.25, -0.2) is 0 Å². The highest BCUT2D eigenvalue weighted by atomic mass is 28.3. The maximum atomic E-state index is 2.60. The van der Waals surface area contributed by atoms with E-state index in [1.807, 2.05) is 0 Å². The quantitative estimate of drug-likeness (QED) is 0.583. The Bertz CT molecular complexity index is 224. The third-order valence-corrected chi connectivity index (χ3v) is 4.81. The maximum absolute atomic E-state index is 2.60. The Hall–Kier alpha value is -0.0431. The van der Waals surface area contributed by atoms with Gasteiger partial charge in [0.2, 0.25) is 0 Å². The second-order valence-electron chi connectivity index (χ2n) is 6.08. The van der Waals surface area contributed by atoms with Crippen molar-refractivity contribution < 1.29 is 0 Å². The Morgan fingerprint density at radius 1 is 1.23 bits per heavy atom. The van der Waals surface area contributed by atoms with Crippen LogP contribution in [0, 0.1) is 11.3 Å². The molecule has 2 aliphatic rings. The van der Waals surface area contributed by atoms with E-state index in [4.69, 9.17) is 0 Å². The highest BCUT2D eigenvalue weighted by molar-refractivity contribution is 6.80. The number of hydrogen-bond acceptors (Lipinski definition) is 0. The van der Waals surface area contributed by atoms with Crippen molar-refractivity contribution in [3.05, 3.63) is 11.8 Å². The zero-order chi connectivity index (χ0) is 9.53. The predicted octanol–water partition coefficient (Wildman–Crippen LogP) is 4.00. The molecular weight excluding hydrogens is 172 g/mol. The van der Waals surface area contributed by atoms with Gasteiger partial charge in [-0.3, -0.25) is 0 Å². The van der Waals surface area contributed by atoms with Crippen molar-refractivity contribution in [2.75, 3.05) is 0 Å². The first-order chi connectivity index (χ1) is 6.02. The van der Waals surface area contributed by atoms with Gasteiger partial charge in [-0.1, -0.05) is 44.3 Å². The molecule has 0 radical (unpaired) electrons. The topological polar surface area (TPSA) is 0 Å². The summed E-state index contributed by atoms with van der Waals surface area (Å²) < 4.78 is 0. The molecule has 0 heterocycles. The fourth-order valence-corrected chi connectivity index (χ4v) is 3.48. The molecule has 2 saturated carbocycles. The van der Waals surface area contributed by atoms with Gasteiger partial charge in [-0.05, 0) is 30.6 Å². The van der Waals surface area contributed by atoms with Crippen LogP contribution in [0.5, 0.6) is 0 Å². The van der Waals surface area contributed by atoms with E-state index in [9.17, 15) is 0 Å². The van der Waals surface area contributed by atoms with E-state index in [1.165, 1.54) is 32.1 Å². The number of hydrogen-bond donors (Lipinski definition) is 0. The Morgan fingerprint density at radius 3 is 2.62 bits per heavy atom. The van der Waals surface area contributed by atoms with Crippen LogP contribution in [-0.2, 0) is 0 Å². The van der Waals surface area contributed by atoms with E-state index < -0.39 is 8.07 Å². The first kappa shape index (κ1) is 9.51. The van der Waals surface area contributed by atoms with Gasteiger partial charge in [-0.2, -0.15) is 0 Å². The number of allylic oxidation sites excluding steroid dienone is 1. The summed E-state index contributed by atoms with van der Waals surface area (Å²) in [6.07, 6.45) is 10.1. The molecule has 0 saturated heterocycles. The lowest BCUT2D eigenvalue weighted by atomic mass is 9.89. The average Bonchev–Trinajstić information content (AvgIpc) is 2.74. The van der Waals surface area contributed by atoms with E-state index in [0.29, 0.717) is 5.41 Å². The molecule has 0 bridgehead atoms. The highest BCUT2D eigenvalue weighted by Gasteiger charge is 2.52. The molecule has 0 spiro atoms. The first-order valence-electron chi connectivity index (χ1n) is 5.72. The normalized spacial score (nSPS) is 39.2. The molecule has 0 aromatic rings. The molecule has 74 valence electrons. The van der Waals surface area contributed by atoms with Crippen molar-refractivity contribution >= 4 is 8.07 Å². The summed E-state index contributed by atoms with van der Waals surface area (Å²) in [6, 6.07) is 0. The molecule has 2 unspecified atom stereocenters. The standard InChI is InChI=1S/C12H22Si/c1-13(2,3)9-8-12-7-5-4-6-11(12)10-12/h8-9,11H,4-7,10H2,1-3H3/b9-8+. The van der Waals surface area contributed by atoms with Gasteiger partial charge in [0.05, 0.1) is 8.07 Å². The van der Waals surface area contributed by atoms with E-state index in [-0.39, 0.29) is 0 Å². The second kappa shape index (κ2) is 2.98. The summed E-state index contributed by atoms with van der Waals surface area (Å²) in [5, 5.41) is 0. The van der Waals surface area contributed by atoms with Gasteiger partial charge in [-0.15, -0.1) is 0 Å². The van der Waals surface area contributed by atoms with E-state index >= 15 is 0 Å². The smallest absolute Gasteiger partial charge is 0.0683 e. The minimum Gasteiger partial charge on any atom is -0.0984 e. The Labute approximate surface area is 83.4 Å². The minimum atomic E-state index is -0.942. The average molecular weight is 194 g/mol. The SMILES string of the molecule is C[Si](C)(C)/C=C/C12CCCCC1C2. The van der Waals surface area contributed by atoms with Crippen molar-refractivity contribution in [1.29, 1.82) is 0 Å². The summed E-state index contributed by atoms with van der Waals surface area (Å²) in [6.45, 7) is 7.29. The second-order valence-corrected chi connectivity index (χ2v) is 11.1. The molecule has 2 aliphatic carbocycles. The van der Waals surface area contributed by atoms with Crippen LogP contribution in [0.15, 0.2) is 11.8 Å². The van der Waals surface area contributed by atoms with Crippen LogP contribution in [0.3, 0.4) is 0 Å². The molecule has 0 N–H and O–H groups in total. The Balaban J connectivity index is 1.99. The lowest BCUT2D eigenvalue weighted by molar-refractivity contribution is 0.403. The summed E-state index contributed by atoms with van der Waals surface area (Å²) in [4.78, 5) is 0. The van der Waals surface area contributed by atoms with Crippen molar-refractivity contribution in [2.45, 2.75) is 51.7 Å². The summed E-state index contributed by atoms with van der Waals surface area (Å²) in [5.74, 6) is 1.08. The molecule has 0 nitrogen and oxygen atoms in total. The van der Waals surface area contributed by atoms with Crippen molar-refractivity contribution in [3.8, 4) is 0 Å². The van der Waals surface area contributed by atoms with Crippen LogP contribution in [0.2, 0.25) is 19.6 Å². The van der Waals surface area contributed by atoms with Gasteiger partial charge in [0.1, 0.15) is 0 Å². The van der Waals surface area contributed by atoms with Gasteiger partial charge >= 0.3 is 0 Å². The van der Waals surface area contributed by atoms with Gasteiger partial charge in [0, 0.05) is 0 Å². The van der Waals surface area contributed by atoms with Crippen LogP contribution >= 0.6 is 0 Å². The monoisotopic (exact) mass is 194 g/mol. The third-order valence-electron chi connectivity index (χ3n) is 3.64. The van der Waals surface area contributed by atoms with Crippen molar-refractivity contribution in [2.24, 2.45) is 11.3 Å². The largest absolute Gasteiger partial charge is 0.0984 e. The van der Waals surface area contributed by atoms with Crippen LogP contribution in [0.4, 0.5) is 0 Å². The molecule has 0 aromatic carbocycles. The lowest BCUT2D eigenvalue weighted by Crippen LogP contribution is -2.17. The first-order valence-corrected chi connectivity index (χ1v) is 9.30. The molecule has 0 aromatic heterocycles. The van der Waals surface area contributed by atoms with Gasteiger partial charge in [0.25, 0.3) is 0 Å². The van der Waals surface area contributed by atoms with E-state index in [2.05, 4.69) is 31.4 Å². The predicted molar refractivity (Wildman–Crippen MR) is 61.5 cm³/mol. The molecule has 2 fully saturated rings. The van der Waals surface area contributed by atoms with Gasteiger partial charge in [0.15, 0.2) is 0 Å². The van der Waals surface area contributed by atoms with E-state index in [1.54, 1.807) is 0 Å². The zero-order valence-corrected chi connectivity index (χ0v) is 10.3. The van der Waals surface area contributed by atoms with Crippen molar-refractivity contribution in [3.63, 3.8) is 0 Å². The van der Waals surface area contributed by atoms with Crippen LogP contribution in [0.1, 0.15) is 32.1 Å². The van der Waals surface area contributed by atoms with Crippen molar-refractivity contribution in [1.82, 2.24) is 0 Å². The summed E-state index contributed by atoms with van der Waals surface area (Å²) >= 11 is 0. The van der Waals surface area contributed by atoms with Crippen LogP contribution in [0.25, 0.3) is 0 Å². The molecule has 1 heteroatoms. The Morgan fingerprint density at radius 2 is 2.00 bits per heavy atom. The van der Waals surface area contributed by atoms with Crippen LogP contribution in [-0.4, -0.2) is 8.07 Å². The Kier molecular flexibility index (Phi) is 2.18. The van der Waals surface area contributed by atoms with Gasteiger partial charge < -0.3 is 0 Å². The van der Waals surface area contributed by atoms with Crippen LogP contribution < -0.4 is 0 Å². The summed E-state index contributed by atoms with van der Waals surface area (Å²) in [7, 11) is -0.942. The number of fused-ring (bicyclic) bond motifs is 1. The molecular formula is C12H22Si. The molecule has 0 amide bonds. The lowest BCUT2D eigenvalue weighted by Gasteiger charge is -2.19. The fraction of sp³-hybridized carbons (Fsp3) is 0.833. The molecule has 2 rings (SSSR count). The fourth-order valence-electron chi connectivity index (χ4n) is 2.64. The third kappa shape index (κ3) is 2.07. The van der Waals surface area contributed by atoms with E-state index in [0.717, 1.165) is 5.92 Å². The molecule has 0 aliphatic heterocycles. The zero-order valence-electron chi connectivity index (χ0n) is 9.27. The number of rotatable bonds is 2. The highest BCUT2D eigenvalue weighted by Crippen LogP contribution is 2.62.